The third kappa shape index (κ3) is 4.62. The van der Waals surface area contributed by atoms with Crippen molar-refractivity contribution in [2.24, 2.45) is 5.92 Å². The lowest BCUT2D eigenvalue weighted by molar-refractivity contribution is 0.347. The Morgan fingerprint density at radius 3 is 2.81 bits per heavy atom. The van der Waals surface area contributed by atoms with Crippen LogP contribution in [0.25, 0.3) is 0 Å². The molecule has 16 heavy (non-hydrogen) atoms. The van der Waals surface area contributed by atoms with Crippen LogP contribution in [0.2, 0.25) is 0 Å². The molecule has 0 spiro atoms. The van der Waals surface area contributed by atoms with Crippen molar-refractivity contribution >= 4 is 11.3 Å². The van der Waals surface area contributed by atoms with Gasteiger partial charge in [0.1, 0.15) is 0 Å². The van der Waals surface area contributed by atoms with Crippen LogP contribution in [0.15, 0.2) is 11.6 Å². The molecule has 1 heterocycles. The standard InChI is InChI=1S/C13H24N2S/c1-4-6-11(3)12(5-2)14-8-7-13-15-9-10-16-13/h9-12,14H,4-8H2,1-3H3. The number of nitrogens with zero attached hydrogens (tertiary/aromatic N) is 1. The molecule has 0 saturated heterocycles. The third-order valence-electron chi connectivity index (χ3n) is 3.10. The molecule has 0 aromatic carbocycles. The van der Waals surface area contributed by atoms with E-state index in [1.807, 2.05) is 11.6 Å². The highest BCUT2D eigenvalue weighted by Gasteiger charge is 2.13. The van der Waals surface area contributed by atoms with Crippen molar-refractivity contribution in [1.29, 1.82) is 0 Å². The lowest BCUT2D eigenvalue weighted by Gasteiger charge is -2.23. The van der Waals surface area contributed by atoms with Gasteiger partial charge in [-0.1, -0.05) is 27.2 Å². The molecule has 92 valence electrons. The average Bonchev–Trinajstić information content (AvgIpc) is 2.77. The van der Waals surface area contributed by atoms with Crippen LogP contribution in [0.1, 0.15) is 45.0 Å². The van der Waals surface area contributed by atoms with Gasteiger partial charge in [-0.15, -0.1) is 11.3 Å². The summed E-state index contributed by atoms with van der Waals surface area (Å²) in [6.07, 6.45) is 6.78. The smallest absolute Gasteiger partial charge is 0.0937 e. The van der Waals surface area contributed by atoms with Crippen LogP contribution in [0.3, 0.4) is 0 Å². The molecular weight excluding hydrogens is 216 g/mol. The zero-order valence-corrected chi connectivity index (χ0v) is 11.5. The van der Waals surface area contributed by atoms with Gasteiger partial charge < -0.3 is 5.32 Å². The minimum absolute atomic E-state index is 0.667. The number of aromatic nitrogens is 1. The van der Waals surface area contributed by atoms with Crippen molar-refractivity contribution in [1.82, 2.24) is 10.3 Å². The van der Waals surface area contributed by atoms with E-state index >= 15 is 0 Å². The van der Waals surface area contributed by atoms with Crippen molar-refractivity contribution in [2.75, 3.05) is 6.54 Å². The van der Waals surface area contributed by atoms with Gasteiger partial charge in [-0.3, -0.25) is 0 Å². The molecule has 2 nitrogen and oxygen atoms in total. The van der Waals surface area contributed by atoms with Crippen molar-refractivity contribution in [2.45, 2.75) is 52.5 Å². The number of thiazole rings is 1. The lowest BCUT2D eigenvalue weighted by Crippen LogP contribution is -2.35. The van der Waals surface area contributed by atoms with E-state index < -0.39 is 0 Å². The SMILES string of the molecule is CCCC(C)C(CC)NCCc1nccs1. The highest BCUT2D eigenvalue weighted by Crippen LogP contribution is 2.13. The van der Waals surface area contributed by atoms with E-state index in [1.165, 1.54) is 24.3 Å². The zero-order chi connectivity index (χ0) is 11.8. The van der Waals surface area contributed by atoms with Crippen LogP contribution in [-0.4, -0.2) is 17.6 Å². The predicted molar refractivity (Wildman–Crippen MR) is 72.0 cm³/mol. The van der Waals surface area contributed by atoms with E-state index in [2.05, 4.69) is 31.1 Å². The number of hydrogen-bond donors (Lipinski definition) is 1. The minimum Gasteiger partial charge on any atom is -0.313 e. The fourth-order valence-electron chi connectivity index (χ4n) is 2.15. The van der Waals surface area contributed by atoms with Crippen LogP contribution >= 0.6 is 11.3 Å². The van der Waals surface area contributed by atoms with Gasteiger partial charge in [0.05, 0.1) is 5.01 Å². The summed E-state index contributed by atoms with van der Waals surface area (Å²) in [5, 5.41) is 6.95. The molecule has 0 amide bonds. The Balaban J connectivity index is 2.23. The summed E-state index contributed by atoms with van der Waals surface area (Å²) in [5.74, 6) is 0.784. The van der Waals surface area contributed by atoms with E-state index in [0.29, 0.717) is 6.04 Å². The molecule has 2 atom stereocenters. The maximum absolute atomic E-state index is 4.30. The first-order valence-corrected chi connectivity index (χ1v) is 7.27. The van der Waals surface area contributed by atoms with Crippen molar-refractivity contribution in [3.8, 4) is 0 Å². The number of rotatable bonds is 8. The van der Waals surface area contributed by atoms with Crippen LogP contribution in [0, 0.1) is 5.92 Å². The molecule has 0 aliphatic rings. The summed E-state index contributed by atoms with van der Waals surface area (Å²) < 4.78 is 0. The Morgan fingerprint density at radius 2 is 2.25 bits per heavy atom. The van der Waals surface area contributed by atoms with E-state index in [1.54, 1.807) is 11.3 Å². The molecule has 0 aliphatic carbocycles. The van der Waals surface area contributed by atoms with Gasteiger partial charge >= 0.3 is 0 Å². The zero-order valence-electron chi connectivity index (χ0n) is 10.7. The first-order chi connectivity index (χ1) is 7.77. The fourth-order valence-corrected chi connectivity index (χ4v) is 2.77. The average molecular weight is 240 g/mol. The fraction of sp³-hybridized carbons (Fsp3) is 0.769. The van der Waals surface area contributed by atoms with Gasteiger partial charge in [0.2, 0.25) is 0 Å². The highest BCUT2D eigenvalue weighted by atomic mass is 32.1. The Morgan fingerprint density at radius 1 is 1.44 bits per heavy atom. The van der Waals surface area contributed by atoms with Gasteiger partial charge in [-0.05, 0) is 18.8 Å². The van der Waals surface area contributed by atoms with Crippen LogP contribution in [0.4, 0.5) is 0 Å². The molecule has 0 aliphatic heterocycles. The Labute approximate surface area is 103 Å². The van der Waals surface area contributed by atoms with E-state index in [4.69, 9.17) is 0 Å². The normalized spacial score (nSPS) is 14.9. The second-order valence-corrected chi connectivity index (χ2v) is 5.39. The van der Waals surface area contributed by atoms with Gasteiger partial charge in [0.25, 0.3) is 0 Å². The topological polar surface area (TPSA) is 24.9 Å². The molecule has 0 fully saturated rings. The molecule has 0 bridgehead atoms. The van der Waals surface area contributed by atoms with Gasteiger partial charge in [0, 0.05) is 30.6 Å². The first-order valence-electron chi connectivity index (χ1n) is 6.39. The Hall–Kier alpha value is -0.410. The van der Waals surface area contributed by atoms with Crippen LogP contribution in [-0.2, 0) is 6.42 Å². The first kappa shape index (κ1) is 13.7. The predicted octanol–water partition coefficient (Wildman–Crippen LogP) is 3.49. The molecule has 0 saturated carbocycles. The van der Waals surface area contributed by atoms with E-state index in [9.17, 15) is 0 Å². The molecule has 2 unspecified atom stereocenters. The van der Waals surface area contributed by atoms with E-state index in [0.717, 1.165) is 18.9 Å². The molecule has 1 N–H and O–H groups in total. The third-order valence-corrected chi connectivity index (χ3v) is 3.94. The Kier molecular flexibility index (Phi) is 6.65. The summed E-state index contributed by atoms with van der Waals surface area (Å²) in [7, 11) is 0. The largest absolute Gasteiger partial charge is 0.313 e. The monoisotopic (exact) mass is 240 g/mol. The van der Waals surface area contributed by atoms with Crippen LogP contribution in [0.5, 0.6) is 0 Å². The summed E-state index contributed by atoms with van der Waals surface area (Å²) in [6.45, 7) is 7.94. The summed E-state index contributed by atoms with van der Waals surface area (Å²) in [4.78, 5) is 4.30. The molecule has 1 rings (SSSR count). The highest BCUT2D eigenvalue weighted by molar-refractivity contribution is 7.09. The maximum atomic E-state index is 4.30. The summed E-state index contributed by atoms with van der Waals surface area (Å²) >= 11 is 1.75. The van der Waals surface area contributed by atoms with E-state index in [-0.39, 0.29) is 0 Å². The van der Waals surface area contributed by atoms with Crippen LogP contribution < -0.4 is 5.32 Å². The number of hydrogen-bond acceptors (Lipinski definition) is 3. The van der Waals surface area contributed by atoms with Gasteiger partial charge in [-0.25, -0.2) is 4.98 Å². The molecule has 0 radical (unpaired) electrons. The lowest BCUT2D eigenvalue weighted by atomic mass is 9.95. The molecule has 3 heteroatoms. The molecule has 1 aromatic heterocycles. The maximum Gasteiger partial charge on any atom is 0.0937 e. The second-order valence-electron chi connectivity index (χ2n) is 4.41. The second kappa shape index (κ2) is 7.80. The quantitative estimate of drug-likeness (QED) is 0.752. The van der Waals surface area contributed by atoms with Crippen molar-refractivity contribution in [3.05, 3.63) is 16.6 Å². The minimum atomic E-state index is 0.667. The molecular formula is C13H24N2S. The molecule has 1 aromatic rings. The van der Waals surface area contributed by atoms with Gasteiger partial charge in [-0.2, -0.15) is 0 Å². The van der Waals surface area contributed by atoms with Gasteiger partial charge in [0.15, 0.2) is 0 Å². The Bertz CT molecular complexity index is 259. The van der Waals surface area contributed by atoms with Crippen molar-refractivity contribution < 1.29 is 0 Å². The summed E-state index contributed by atoms with van der Waals surface area (Å²) in [5.41, 5.74) is 0. The summed E-state index contributed by atoms with van der Waals surface area (Å²) in [6, 6.07) is 0.667. The number of nitrogens with one attached hydrogen (secondary N) is 1. The van der Waals surface area contributed by atoms with Crippen molar-refractivity contribution in [3.63, 3.8) is 0 Å².